The first-order valence-corrected chi connectivity index (χ1v) is 4.14. The molecule has 1 rings (SSSR count). The molecule has 0 spiro atoms. The quantitative estimate of drug-likeness (QED) is 0.465. The Morgan fingerprint density at radius 2 is 2.25 bits per heavy atom. The van der Waals surface area contributed by atoms with E-state index in [0.29, 0.717) is 4.47 Å². The fraction of sp³-hybridized carbons (Fsp3) is 0. The highest BCUT2D eigenvalue weighted by atomic mass is 79.9. The van der Waals surface area contributed by atoms with Crippen LogP contribution in [0.1, 0.15) is 5.56 Å². The van der Waals surface area contributed by atoms with Gasteiger partial charge in [-0.15, -0.1) is 0 Å². The van der Waals surface area contributed by atoms with Gasteiger partial charge in [0.2, 0.25) is 0 Å². The summed E-state index contributed by atoms with van der Waals surface area (Å²) in [5.74, 6) is -0.535. The van der Waals surface area contributed by atoms with Crippen molar-refractivity contribution >= 4 is 33.7 Å². The standard InChI is InChI=1S/C7H4BrClFNO/c8-6-1-4(9)2-7(10)5(6)3-11-12/h1-3,12H. The third-order valence-corrected chi connectivity index (χ3v) is 2.10. The van der Waals surface area contributed by atoms with Crippen molar-refractivity contribution in [2.45, 2.75) is 0 Å². The van der Waals surface area contributed by atoms with Crippen molar-refractivity contribution in [3.05, 3.63) is 33.0 Å². The summed E-state index contributed by atoms with van der Waals surface area (Å²) in [6, 6.07) is 2.66. The maximum Gasteiger partial charge on any atom is 0.134 e. The molecule has 0 unspecified atom stereocenters. The van der Waals surface area contributed by atoms with Crippen LogP contribution in [-0.2, 0) is 0 Å². The zero-order valence-electron chi connectivity index (χ0n) is 5.76. The molecule has 0 aliphatic rings. The average molecular weight is 252 g/mol. The van der Waals surface area contributed by atoms with Crippen molar-refractivity contribution in [1.29, 1.82) is 0 Å². The smallest absolute Gasteiger partial charge is 0.134 e. The molecule has 64 valence electrons. The number of oxime groups is 1. The Morgan fingerprint density at radius 1 is 1.58 bits per heavy atom. The van der Waals surface area contributed by atoms with Gasteiger partial charge in [0, 0.05) is 15.1 Å². The predicted octanol–water partition coefficient (Wildman–Crippen LogP) is 3.05. The monoisotopic (exact) mass is 251 g/mol. The summed E-state index contributed by atoms with van der Waals surface area (Å²) in [5.41, 5.74) is 0.168. The average Bonchev–Trinajstić information content (AvgIpc) is 1.96. The SMILES string of the molecule is ON=Cc1c(F)cc(Cl)cc1Br. The zero-order chi connectivity index (χ0) is 9.14. The molecule has 0 radical (unpaired) electrons. The number of hydrogen-bond donors (Lipinski definition) is 1. The normalized spacial score (nSPS) is 10.9. The lowest BCUT2D eigenvalue weighted by molar-refractivity contribution is 0.321. The minimum absolute atomic E-state index is 0.168. The fourth-order valence-corrected chi connectivity index (χ4v) is 1.61. The van der Waals surface area contributed by atoms with Crippen LogP contribution in [0.4, 0.5) is 4.39 Å². The summed E-state index contributed by atoms with van der Waals surface area (Å²) < 4.78 is 13.4. The lowest BCUT2D eigenvalue weighted by Gasteiger charge is -1.99. The number of hydrogen-bond acceptors (Lipinski definition) is 2. The molecule has 0 fully saturated rings. The van der Waals surface area contributed by atoms with E-state index in [1.54, 1.807) is 0 Å². The molecule has 0 heterocycles. The van der Waals surface area contributed by atoms with Crippen LogP contribution in [0.5, 0.6) is 0 Å². The van der Waals surface area contributed by atoms with E-state index >= 15 is 0 Å². The van der Waals surface area contributed by atoms with Gasteiger partial charge >= 0.3 is 0 Å². The molecule has 1 N–H and O–H groups in total. The summed E-state index contributed by atoms with van der Waals surface area (Å²) in [4.78, 5) is 0. The molecular weight excluding hydrogens is 248 g/mol. The molecule has 0 aliphatic carbocycles. The minimum atomic E-state index is -0.535. The first kappa shape index (κ1) is 9.48. The second kappa shape index (κ2) is 3.87. The van der Waals surface area contributed by atoms with Crippen LogP contribution < -0.4 is 0 Å². The molecule has 12 heavy (non-hydrogen) atoms. The van der Waals surface area contributed by atoms with Crippen molar-refractivity contribution in [2.24, 2.45) is 5.16 Å². The van der Waals surface area contributed by atoms with Crippen LogP contribution in [0.2, 0.25) is 5.02 Å². The first-order valence-electron chi connectivity index (χ1n) is 2.97. The van der Waals surface area contributed by atoms with Gasteiger partial charge in [-0.2, -0.15) is 0 Å². The lowest BCUT2D eigenvalue weighted by Crippen LogP contribution is -1.90. The van der Waals surface area contributed by atoms with E-state index < -0.39 is 5.82 Å². The third kappa shape index (κ3) is 1.95. The Labute approximate surface area is 81.8 Å². The van der Waals surface area contributed by atoms with Crippen molar-refractivity contribution in [2.75, 3.05) is 0 Å². The molecule has 0 saturated carbocycles. The van der Waals surface area contributed by atoms with E-state index in [1.165, 1.54) is 6.07 Å². The molecule has 1 aromatic rings. The van der Waals surface area contributed by atoms with Gasteiger partial charge in [-0.1, -0.05) is 16.8 Å². The number of rotatable bonds is 1. The Bertz CT molecular complexity index is 306. The van der Waals surface area contributed by atoms with Gasteiger partial charge in [-0.25, -0.2) is 4.39 Å². The molecule has 2 nitrogen and oxygen atoms in total. The molecule has 1 aromatic carbocycles. The third-order valence-electron chi connectivity index (χ3n) is 1.23. The molecule has 5 heteroatoms. The van der Waals surface area contributed by atoms with Crippen LogP contribution in [0, 0.1) is 5.82 Å². The zero-order valence-corrected chi connectivity index (χ0v) is 8.10. The van der Waals surface area contributed by atoms with Gasteiger partial charge < -0.3 is 5.21 Å². The molecule has 0 aliphatic heterocycles. The van der Waals surface area contributed by atoms with E-state index in [2.05, 4.69) is 21.1 Å². The van der Waals surface area contributed by atoms with Crippen molar-refractivity contribution in [1.82, 2.24) is 0 Å². The minimum Gasteiger partial charge on any atom is -0.411 e. The Balaban J connectivity index is 3.28. The van der Waals surface area contributed by atoms with Crippen LogP contribution in [0.15, 0.2) is 21.8 Å². The van der Waals surface area contributed by atoms with Crippen LogP contribution >= 0.6 is 27.5 Å². The first-order chi connectivity index (χ1) is 5.65. The van der Waals surface area contributed by atoms with Crippen LogP contribution in [0.3, 0.4) is 0 Å². The highest BCUT2D eigenvalue weighted by Crippen LogP contribution is 2.23. The van der Waals surface area contributed by atoms with Gasteiger partial charge in [0.05, 0.1) is 6.21 Å². The van der Waals surface area contributed by atoms with Gasteiger partial charge in [-0.3, -0.25) is 0 Å². The molecule has 0 bridgehead atoms. The van der Waals surface area contributed by atoms with Crippen molar-refractivity contribution in [3.63, 3.8) is 0 Å². The van der Waals surface area contributed by atoms with Gasteiger partial charge in [-0.05, 0) is 28.1 Å². The summed E-state index contributed by atoms with van der Waals surface area (Å²) in [6.45, 7) is 0. The maximum atomic E-state index is 13.0. The topological polar surface area (TPSA) is 32.6 Å². The van der Waals surface area contributed by atoms with Crippen LogP contribution in [-0.4, -0.2) is 11.4 Å². The number of benzene rings is 1. The van der Waals surface area contributed by atoms with E-state index in [9.17, 15) is 4.39 Å². The second-order valence-corrected chi connectivity index (χ2v) is 3.32. The summed E-state index contributed by atoms with van der Waals surface area (Å²) in [7, 11) is 0. The van der Waals surface area contributed by atoms with Crippen LogP contribution in [0.25, 0.3) is 0 Å². The number of nitrogens with zero attached hydrogens (tertiary/aromatic N) is 1. The second-order valence-electron chi connectivity index (χ2n) is 2.03. The van der Waals surface area contributed by atoms with E-state index in [-0.39, 0.29) is 10.6 Å². The Morgan fingerprint density at radius 3 is 2.75 bits per heavy atom. The van der Waals surface area contributed by atoms with E-state index in [4.69, 9.17) is 16.8 Å². The number of halogens is 3. The van der Waals surface area contributed by atoms with E-state index in [0.717, 1.165) is 12.3 Å². The molecule has 0 aromatic heterocycles. The molecule has 0 amide bonds. The van der Waals surface area contributed by atoms with Gasteiger partial charge in [0.25, 0.3) is 0 Å². The Kier molecular flexibility index (Phi) is 3.05. The van der Waals surface area contributed by atoms with Gasteiger partial charge in [0.1, 0.15) is 5.82 Å². The molecule has 0 atom stereocenters. The summed E-state index contributed by atoms with van der Waals surface area (Å²) >= 11 is 8.62. The highest BCUT2D eigenvalue weighted by Gasteiger charge is 2.05. The van der Waals surface area contributed by atoms with Crippen molar-refractivity contribution < 1.29 is 9.60 Å². The molecule has 0 saturated heterocycles. The van der Waals surface area contributed by atoms with Crippen molar-refractivity contribution in [3.8, 4) is 0 Å². The van der Waals surface area contributed by atoms with E-state index in [1.807, 2.05) is 0 Å². The summed E-state index contributed by atoms with van der Waals surface area (Å²) in [6.07, 6.45) is 0.996. The fourth-order valence-electron chi connectivity index (χ4n) is 0.734. The maximum absolute atomic E-state index is 13.0. The van der Waals surface area contributed by atoms with Gasteiger partial charge in [0.15, 0.2) is 0 Å². The largest absolute Gasteiger partial charge is 0.411 e. The molecular formula is C7H4BrClFNO. The lowest BCUT2D eigenvalue weighted by atomic mass is 10.2. The Hall–Kier alpha value is -0.610. The summed E-state index contributed by atoms with van der Waals surface area (Å²) in [5, 5.41) is 11.2. The predicted molar refractivity (Wildman–Crippen MR) is 48.5 cm³/mol. The highest BCUT2D eigenvalue weighted by molar-refractivity contribution is 9.10.